The lowest BCUT2D eigenvalue weighted by Crippen LogP contribution is -2.08. The van der Waals surface area contributed by atoms with Gasteiger partial charge in [-0.25, -0.2) is 4.68 Å². The predicted octanol–water partition coefficient (Wildman–Crippen LogP) is 1.73. The van der Waals surface area contributed by atoms with Gasteiger partial charge in [-0.2, -0.15) is 0 Å². The van der Waals surface area contributed by atoms with Crippen molar-refractivity contribution in [3.05, 3.63) is 30.3 Å². The minimum Gasteiger partial charge on any atom is -0.506 e. The highest BCUT2D eigenvalue weighted by Crippen LogP contribution is 2.29. The van der Waals surface area contributed by atoms with Crippen LogP contribution < -0.4 is 11.1 Å². The third-order valence-corrected chi connectivity index (χ3v) is 2.77. The first-order chi connectivity index (χ1) is 8.24. The summed E-state index contributed by atoms with van der Waals surface area (Å²) in [6.45, 7) is 0. The number of phenols is 1. The Bertz CT molecular complexity index is 545. The van der Waals surface area contributed by atoms with Gasteiger partial charge >= 0.3 is 0 Å². The zero-order valence-corrected chi connectivity index (χ0v) is 9.30. The van der Waals surface area contributed by atoms with Crippen LogP contribution in [0.5, 0.6) is 5.75 Å². The average molecular weight is 230 g/mol. The third-order valence-electron chi connectivity index (χ3n) is 2.77. The number of aromatic nitrogens is 2. The number of aromatic hydroxyl groups is 1. The van der Waals surface area contributed by atoms with Crippen molar-refractivity contribution < 1.29 is 5.11 Å². The Labute approximate surface area is 98.9 Å². The van der Waals surface area contributed by atoms with Crippen LogP contribution in [0.3, 0.4) is 0 Å². The van der Waals surface area contributed by atoms with Crippen LogP contribution in [0.2, 0.25) is 0 Å². The Morgan fingerprint density at radius 3 is 2.82 bits per heavy atom. The van der Waals surface area contributed by atoms with Crippen molar-refractivity contribution in [2.45, 2.75) is 18.9 Å². The Kier molecular flexibility index (Phi) is 2.18. The monoisotopic (exact) mass is 230 g/mol. The van der Waals surface area contributed by atoms with Gasteiger partial charge < -0.3 is 16.2 Å². The highest BCUT2D eigenvalue weighted by Gasteiger charge is 2.23. The molecule has 0 unspecified atom stereocenters. The minimum absolute atomic E-state index is 0.189. The van der Waals surface area contributed by atoms with Crippen molar-refractivity contribution in [2.24, 2.45) is 0 Å². The maximum absolute atomic E-state index is 9.82. The number of hydrogen-bond donors (Lipinski definition) is 3. The summed E-state index contributed by atoms with van der Waals surface area (Å²) in [6, 6.07) is 9.36. The van der Waals surface area contributed by atoms with E-state index in [2.05, 4.69) is 10.4 Å². The van der Waals surface area contributed by atoms with Gasteiger partial charge in [0.25, 0.3) is 0 Å². The number of nitrogens with zero attached hydrogens (tertiary/aromatic N) is 2. The van der Waals surface area contributed by atoms with E-state index in [1.165, 1.54) is 12.8 Å². The van der Waals surface area contributed by atoms with Crippen molar-refractivity contribution in [1.82, 2.24) is 9.78 Å². The summed E-state index contributed by atoms with van der Waals surface area (Å²) in [5.74, 6) is 1.46. The molecule has 0 saturated heterocycles. The van der Waals surface area contributed by atoms with Crippen LogP contribution in [0, 0.1) is 0 Å². The highest BCUT2D eigenvalue weighted by atomic mass is 16.3. The van der Waals surface area contributed by atoms with Crippen LogP contribution in [0.15, 0.2) is 30.3 Å². The first-order valence-electron chi connectivity index (χ1n) is 5.64. The summed E-state index contributed by atoms with van der Waals surface area (Å²) in [5, 5.41) is 17.4. The number of para-hydroxylation sites is 2. The first-order valence-corrected chi connectivity index (χ1v) is 5.64. The summed E-state index contributed by atoms with van der Waals surface area (Å²) in [6.07, 6.45) is 2.34. The molecule has 2 aromatic rings. The van der Waals surface area contributed by atoms with Crippen molar-refractivity contribution >= 4 is 11.6 Å². The van der Waals surface area contributed by atoms with Gasteiger partial charge in [0, 0.05) is 12.1 Å². The Morgan fingerprint density at radius 1 is 1.35 bits per heavy atom. The SMILES string of the molecule is Nc1cc(NC2CC2)n(-c2ccccc2O)n1. The second-order valence-corrected chi connectivity index (χ2v) is 4.27. The fourth-order valence-electron chi connectivity index (χ4n) is 1.77. The van der Waals surface area contributed by atoms with Crippen molar-refractivity contribution in [3.63, 3.8) is 0 Å². The molecule has 3 rings (SSSR count). The number of hydrogen-bond acceptors (Lipinski definition) is 4. The highest BCUT2D eigenvalue weighted by molar-refractivity contribution is 5.56. The number of nitrogen functional groups attached to an aromatic ring is 1. The fraction of sp³-hybridized carbons (Fsp3) is 0.250. The molecule has 4 N–H and O–H groups in total. The molecule has 1 saturated carbocycles. The van der Waals surface area contributed by atoms with Gasteiger partial charge in [-0.1, -0.05) is 12.1 Å². The topological polar surface area (TPSA) is 76.1 Å². The van der Waals surface area contributed by atoms with Gasteiger partial charge in [-0.15, -0.1) is 5.10 Å². The molecule has 5 heteroatoms. The summed E-state index contributed by atoms with van der Waals surface area (Å²) in [7, 11) is 0. The fourth-order valence-corrected chi connectivity index (χ4v) is 1.77. The van der Waals surface area contributed by atoms with Gasteiger partial charge in [0.2, 0.25) is 0 Å². The van der Waals surface area contributed by atoms with Gasteiger partial charge in [-0.05, 0) is 25.0 Å². The largest absolute Gasteiger partial charge is 0.506 e. The van der Waals surface area contributed by atoms with E-state index in [0.717, 1.165) is 5.82 Å². The minimum atomic E-state index is 0.189. The molecule has 0 radical (unpaired) electrons. The summed E-state index contributed by atoms with van der Waals surface area (Å²) in [4.78, 5) is 0. The maximum Gasteiger partial charge on any atom is 0.148 e. The predicted molar refractivity (Wildman–Crippen MR) is 66.3 cm³/mol. The average Bonchev–Trinajstić information content (AvgIpc) is 3.03. The molecule has 1 heterocycles. The van der Waals surface area contributed by atoms with Crippen LogP contribution in [0.4, 0.5) is 11.6 Å². The van der Waals surface area contributed by atoms with E-state index < -0.39 is 0 Å². The Balaban J connectivity index is 2.03. The molecule has 0 spiro atoms. The summed E-state index contributed by atoms with van der Waals surface area (Å²) < 4.78 is 1.64. The Hall–Kier alpha value is -2.17. The number of nitrogens with one attached hydrogen (secondary N) is 1. The van der Waals surface area contributed by atoms with E-state index in [4.69, 9.17) is 5.73 Å². The molecule has 1 aromatic carbocycles. The lowest BCUT2D eigenvalue weighted by molar-refractivity contribution is 0.470. The van der Waals surface area contributed by atoms with E-state index in [1.807, 2.05) is 6.07 Å². The van der Waals surface area contributed by atoms with Crippen LogP contribution >= 0.6 is 0 Å². The van der Waals surface area contributed by atoms with Gasteiger partial charge in [-0.3, -0.25) is 0 Å². The molecule has 0 atom stereocenters. The molecular formula is C12H14N4O. The van der Waals surface area contributed by atoms with E-state index in [1.54, 1.807) is 28.9 Å². The van der Waals surface area contributed by atoms with Gasteiger partial charge in [0.15, 0.2) is 0 Å². The van der Waals surface area contributed by atoms with Crippen LogP contribution in [0.25, 0.3) is 5.69 Å². The molecule has 1 aliphatic rings. The van der Waals surface area contributed by atoms with E-state index in [-0.39, 0.29) is 5.75 Å². The number of benzene rings is 1. The maximum atomic E-state index is 9.82. The standard InChI is InChI=1S/C12H14N4O/c13-11-7-12(14-8-5-6-8)16(15-11)9-3-1-2-4-10(9)17/h1-4,7-8,14,17H,5-6H2,(H2,13,15). The molecule has 5 nitrogen and oxygen atoms in total. The van der Waals surface area contributed by atoms with Crippen molar-refractivity contribution in [2.75, 3.05) is 11.1 Å². The number of anilines is 2. The third kappa shape index (κ3) is 1.91. The molecule has 1 aliphatic carbocycles. The summed E-state index contributed by atoms with van der Waals surface area (Å²) >= 11 is 0. The molecular weight excluding hydrogens is 216 g/mol. The lowest BCUT2D eigenvalue weighted by atomic mass is 10.3. The van der Waals surface area contributed by atoms with Gasteiger partial charge in [0.1, 0.15) is 23.1 Å². The molecule has 17 heavy (non-hydrogen) atoms. The molecule has 0 bridgehead atoms. The number of nitrogens with two attached hydrogens (primary N) is 1. The molecule has 0 amide bonds. The van der Waals surface area contributed by atoms with E-state index >= 15 is 0 Å². The van der Waals surface area contributed by atoms with Gasteiger partial charge in [0.05, 0.1) is 0 Å². The second kappa shape index (κ2) is 3.69. The zero-order valence-electron chi connectivity index (χ0n) is 9.30. The summed E-state index contributed by atoms with van der Waals surface area (Å²) in [5.41, 5.74) is 6.34. The van der Waals surface area contributed by atoms with E-state index in [0.29, 0.717) is 17.5 Å². The lowest BCUT2D eigenvalue weighted by Gasteiger charge is -2.09. The van der Waals surface area contributed by atoms with Crippen molar-refractivity contribution in [1.29, 1.82) is 0 Å². The quantitative estimate of drug-likeness (QED) is 0.750. The second-order valence-electron chi connectivity index (χ2n) is 4.27. The normalized spacial score (nSPS) is 14.8. The molecule has 0 aliphatic heterocycles. The smallest absolute Gasteiger partial charge is 0.148 e. The number of rotatable bonds is 3. The van der Waals surface area contributed by atoms with Crippen LogP contribution in [-0.4, -0.2) is 20.9 Å². The molecule has 1 fully saturated rings. The first kappa shape index (κ1) is 10.0. The zero-order chi connectivity index (χ0) is 11.8. The Morgan fingerprint density at radius 2 is 2.12 bits per heavy atom. The van der Waals surface area contributed by atoms with E-state index in [9.17, 15) is 5.11 Å². The van der Waals surface area contributed by atoms with Crippen LogP contribution in [-0.2, 0) is 0 Å². The number of phenolic OH excluding ortho intramolecular Hbond substituents is 1. The van der Waals surface area contributed by atoms with Crippen molar-refractivity contribution in [3.8, 4) is 11.4 Å². The molecule has 88 valence electrons. The molecule has 1 aromatic heterocycles. The van der Waals surface area contributed by atoms with Crippen LogP contribution in [0.1, 0.15) is 12.8 Å².